The van der Waals surface area contributed by atoms with E-state index in [1.165, 1.54) is 0 Å². The van der Waals surface area contributed by atoms with Crippen molar-refractivity contribution in [3.8, 4) is 0 Å². The zero-order chi connectivity index (χ0) is 13.1. The molecule has 0 spiro atoms. The van der Waals surface area contributed by atoms with Gasteiger partial charge in [-0.25, -0.2) is 9.59 Å². The number of fused-ring (bicyclic) bond motifs is 1. The molecule has 0 bridgehead atoms. The third-order valence-electron chi connectivity index (χ3n) is 3.56. The molecule has 2 fully saturated rings. The van der Waals surface area contributed by atoms with Crippen molar-refractivity contribution >= 4 is 12.1 Å². The second-order valence-electron chi connectivity index (χ2n) is 5.77. The molecule has 0 N–H and O–H groups in total. The van der Waals surface area contributed by atoms with Crippen LogP contribution in [0.1, 0.15) is 20.8 Å². The van der Waals surface area contributed by atoms with Gasteiger partial charge in [0.05, 0.1) is 0 Å². The van der Waals surface area contributed by atoms with E-state index in [4.69, 9.17) is 0 Å². The van der Waals surface area contributed by atoms with Gasteiger partial charge in [-0.2, -0.15) is 0 Å². The maximum atomic E-state index is 12.3. The molecule has 0 saturated carbocycles. The van der Waals surface area contributed by atoms with E-state index in [1.54, 1.807) is 40.7 Å². The largest absolute Gasteiger partial charge is 0.323 e. The Morgan fingerprint density at radius 1 is 0.824 bits per heavy atom. The van der Waals surface area contributed by atoms with Gasteiger partial charge in [0.15, 0.2) is 0 Å². The minimum Gasteiger partial charge on any atom is -0.303 e. The van der Waals surface area contributed by atoms with E-state index in [2.05, 4.69) is 0 Å². The van der Waals surface area contributed by atoms with Gasteiger partial charge in [-0.1, -0.05) is 0 Å². The summed E-state index contributed by atoms with van der Waals surface area (Å²) >= 11 is 0. The molecule has 2 aliphatic heterocycles. The molecule has 0 aromatic heterocycles. The molecule has 0 radical (unpaired) electrons. The summed E-state index contributed by atoms with van der Waals surface area (Å²) in [7, 11) is 5.22. The van der Waals surface area contributed by atoms with Gasteiger partial charge in [0, 0.05) is 26.7 Å². The molecule has 2 saturated heterocycles. The van der Waals surface area contributed by atoms with Crippen LogP contribution in [0.5, 0.6) is 0 Å². The van der Waals surface area contributed by atoms with Crippen molar-refractivity contribution in [2.75, 3.05) is 21.1 Å². The lowest BCUT2D eigenvalue weighted by Crippen LogP contribution is -2.53. The zero-order valence-electron chi connectivity index (χ0n) is 11.3. The molecule has 2 atom stereocenters. The quantitative estimate of drug-likeness (QED) is 0.629. The monoisotopic (exact) mass is 240 g/mol. The summed E-state index contributed by atoms with van der Waals surface area (Å²) in [4.78, 5) is 30.8. The zero-order valence-corrected chi connectivity index (χ0v) is 11.3. The standard InChI is InChI=1S/C11H20N4O2/c1-11(2,3)15-8-7(13(5)10(15)17)12(4)9(16)14(8)6/h7-8H,1-6H3. The Labute approximate surface area is 102 Å². The van der Waals surface area contributed by atoms with Crippen molar-refractivity contribution in [1.29, 1.82) is 0 Å². The number of carbonyl (C=O) groups is 2. The summed E-state index contributed by atoms with van der Waals surface area (Å²) in [6.45, 7) is 5.95. The van der Waals surface area contributed by atoms with E-state index < -0.39 is 0 Å². The summed E-state index contributed by atoms with van der Waals surface area (Å²) < 4.78 is 0. The first-order valence-corrected chi connectivity index (χ1v) is 5.73. The molecule has 6 heteroatoms. The third kappa shape index (κ3) is 1.39. The normalized spacial score (nSPS) is 29.5. The first-order valence-electron chi connectivity index (χ1n) is 5.73. The molecule has 2 aliphatic rings. The van der Waals surface area contributed by atoms with E-state index >= 15 is 0 Å². The average molecular weight is 240 g/mol. The molecule has 0 aromatic carbocycles. The highest BCUT2D eigenvalue weighted by atomic mass is 16.2. The van der Waals surface area contributed by atoms with Crippen molar-refractivity contribution in [2.24, 2.45) is 0 Å². The second-order valence-corrected chi connectivity index (χ2v) is 5.77. The summed E-state index contributed by atoms with van der Waals surface area (Å²) in [6.07, 6.45) is -0.399. The first kappa shape index (κ1) is 12.0. The van der Waals surface area contributed by atoms with Gasteiger partial charge in [0.25, 0.3) is 0 Å². The van der Waals surface area contributed by atoms with Crippen LogP contribution in [0.2, 0.25) is 0 Å². The van der Waals surface area contributed by atoms with Crippen molar-refractivity contribution in [3.63, 3.8) is 0 Å². The topological polar surface area (TPSA) is 47.1 Å². The fourth-order valence-corrected chi connectivity index (χ4v) is 2.72. The second kappa shape index (κ2) is 3.27. The summed E-state index contributed by atoms with van der Waals surface area (Å²) in [5, 5.41) is 0. The highest BCUT2D eigenvalue weighted by Crippen LogP contribution is 2.36. The summed E-state index contributed by atoms with van der Waals surface area (Å²) in [6, 6.07) is -0.0766. The fourth-order valence-electron chi connectivity index (χ4n) is 2.72. The molecule has 17 heavy (non-hydrogen) atoms. The molecule has 2 rings (SSSR count). The Balaban J connectivity index is 2.45. The predicted molar refractivity (Wildman–Crippen MR) is 63.2 cm³/mol. The van der Waals surface area contributed by atoms with E-state index in [0.717, 1.165) is 0 Å². The molecule has 0 aromatic rings. The Bertz CT molecular complexity index is 376. The van der Waals surface area contributed by atoms with Gasteiger partial charge < -0.3 is 14.7 Å². The van der Waals surface area contributed by atoms with Gasteiger partial charge in [-0.05, 0) is 20.8 Å². The Kier molecular flexibility index (Phi) is 2.31. The minimum atomic E-state index is -0.301. The van der Waals surface area contributed by atoms with Gasteiger partial charge in [-0.15, -0.1) is 0 Å². The SMILES string of the molecule is CN1C(=O)N(C)C2C1N(C)C(=O)N2C(C)(C)C. The van der Waals surface area contributed by atoms with E-state index in [-0.39, 0.29) is 29.9 Å². The van der Waals surface area contributed by atoms with Crippen molar-refractivity contribution < 1.29 is 9.59 Å². The van der Waals surface area contributed by atoms with Crippen LogP contribution in [0.25, 0.3) is 0 Å². The number of hydrogen-bond donors (Lipinski definition) is 0. The molecule has 96 valence electrons. The van der Waals surface area contributed by atoms with E-state index in [9.17, 15) is 9.59 Å². The van der Waals surface area contributed by atoms with Crippen LogP contribution in [0.15, 0.2) is 0 Å². The summed E-state index contributed by atoms with van der Waals surface area (Å²) in [5.74, 6) is 0. The number of rotatable bonds is 0. The lowest BCUT2D eigenvalue weighted by atomic mass is 10.1. The molecular formula is C11H20N4O2. The predicted octanol–water partition coefficient (Wildman–Crippen LogP) is 0.802. The molecule has 2 heterocycles. The number of hydrogen-bond acceptors (Lipinski definition) is 2. The van der Waals surface area contributed by atoms with Crippen molar-refractivity contribution in [2.45, 2.75) is 38.6 Å². The van der Waals surface area contributed by atoms with Crippen LogP contribution < -0.4 is 0 Å². The molecular weight excluding hydrogens is 220 g/mol. The van der Waals surface area contributed by atoms with Crippen LogP contribution in [0.4, 0.5) is 9.59 Å². The highest BCUT2D eigenvalue weighted by Gasteiger charge is 2.58. The van der Waals surface area contributed by atoms with Gasteiger partial charge >= 0.3 is 12.1 Å². The smallest absolute Gasteiger partial charge is 0.303 e. The molecule has 0 aliphatic carbocycles. The Hall–Kier alpha value is -1.46. The number of likely N-dealkylation sites (N-methyl/N-ethyl adjacent to an activating group) is 3. The van der Waals surface area contributed by atoms with E-state index in [0.29, 0.717) is 0 Å². The lowest BCUT2D eigenvalue weighted by Gasteiger charge is -2.37. The van der Waals surface area contributed by atoms with Crippen LogP contribution >= 0.6 is 0 Å². The molecule has 2 unspecified atom stereocenters. The number of amides is 4. The van der Waals surface area contributed by atoms with Gasteiger partial charge in [0.2, 0.25) is 0 Å². The number of carbonyl (C=O) groups excluding carboxylic acids is 2. The van der Waals surface area contributed by atoms with Crippen molar-refractivity contribution in [3.05, 3.63) is 0 Å². The fraction of sp³-hybridized carbons (Fsp3) is 0.818. The highest BCUT2D eigenvalue weighted by molar-refractivity contribution is 5.85. The maximum Gasteiger partial charge on any atom is 0.323 e. The number of nitrogens with zero attached hydrogens (tertiary/aromatic N) is 4. The number of urea groups is 2. The average Bonchev–Trinajstić information content (AvgIpc) is 2.58. The lowest BCUT2D eigenvalue weighted by molar-refractivity contribution is 0.0811. The van der Waals surface area contributed by atoms with Gasteiger partial charge in [0.1, 0.15) is 12.3 Å². The Morgan fingerprint density at radius 3 is 1.71 bits per heavy atom. The first-order chi connectivity index (χ1) is 7.68. The minimum absolute atomic E-state index is 0.0290. The van der Waals surface area contributed by atoms with Crippen LogP contribution in [-0.2, 0) is 0 Å². The molecule has 4 amide bonds. The molecule has 6 nitrogen and oxygen atoms in total. The van der Waals surface area contributed by atoms with Crippen molar-refractivity contribution in [1.82, 2.24) is 19.6 Å². The van der Waals surface area contributed by atoms with E-state index in [1.807, 2.05) is 20.8 Å². The van der Waals surface area contributed by atoms with Crippen LogP contribution in [0.3, 0.4) is 0 Å². The summed E-state index contributed by atoms with van der Waals surface area (Å²) in [5.41, 5.74) is -0.301. The Morgan fingerprint density at radius 2 is 1.24 bits per heavy atom. The maximum absolute atomic E-state index is 12.3. The van der Waals surface area contributed by atoms with Gasteiger partial charge in [-0.3, -0.25) is 4.90 Å². The third-order valence-corrected chi connectivity index (χ3v) is 3.56. The van der Waals surface area contributed by atoms with Crippen LogP contribution in [0, 0.1) is 0 Å². The van der Waals surface area contributed by atoms with Crippen LogP contribution in [-0.4, -0.2) is 70.7 Å².